The van der Waals surface area contributed by atoms with Gasteiger partial charge >= 0.3 is 0 Å². The van der Waals surface area contributed by atoms with Crippen LogP contribution in [-0.4, -0.2) is 15.8 Å². The lowest BCUT2D eigenvalue weighted by Crippen LogP contribution is -2.28. The molecule has 0 saturated carbocycles. The van der Waals surface area contributed by atoms with E-state index in [9.17, 15) is 9.90 Å². The Morgan fingerprint density at radius 2 is 2.27 bits per heavy atom. The molecule has 0 aromatic carbocycles. The lowest BCUT2D eigenvalue weighted by molar-refractivity contribution is 0.147. The molecule has 1 atom stereocenters. The van der Waals surface area contributed by atoms with Crippen molar-refractivity contribution >= 4 is 0 Å². The Morgan fingerprint density at radius 3 is 3.00 bits per heavy atom. The molecule has 1 aliphatic rings. The lowest BCUT2D eigenvalue weighted by Gasteiger charge is -2.14. The number of aromatic nitrogens is 1. The van der Waals surface area contributed by atoms with E-state index >= 15 is 0 Å². The number of pyridine rings is 1. The molecule has 1 N–H and O–H groups in total. The summed E-state index contributed by atoms with van der Waals surface area (Å²) in [4.78, 5) is 11.7. The minimum atomic E-state index is -0.408. The molecule has 1 aromatic rings. The minimum Gasteiger partial charge on any atom is -0.391 e. The topological polar surface area (TPSA) is 42.2 Å². The molecule has 2 rings (SSSR count). The number of aryl methyl sites for hydroxylation is 1. The zero-order valence-corrected chi connectivity index (χ0v) is 9.07. The summed E-state index contributed by atoms with van der Waals surface area (Å²) in [5, 5.41) is 9.61. The van der Waals surface area contributed by atoms with E-state index in [0.29, 0.717) is 13.0 Å². The van der Waals surface area contributed by atoms with Crippen LogP contribution in [0.15, 0.2) is 16.9 Å². The minimum absolute atomic E-state index is 0.0168. The Kier molecular flexibility index (Phi) is 2.91. The van der Waals surface area contributed by atoms with Gasteiger partial charge in [0, 0.05) is 11.8 Å². The molecule has 82 valence electrons. The molecule has 1 unspecified atom stereocenters. The van der Waals surface area contributed by atoms with Gasteiger partial charge in [-0.25, -0.2) is 0 Å². The van der Waals surface area contributed by atoms with E-state index in [1.165, 1.54) is 5.56 Å². The first-order valence-corrected chi connectivity index (χ1v) is 5.62. The van der Waals surface area contributed by atoms with Crippen LogP contribution in [0.5, 0.6) is 0 Å². The normalized spacial score (nSPS) is 16.4. The summed E-state index contributed by atoms with van der Waals surface area (Å²) in [6.07, 6.45) is 3.45. The van der Waals surface area contributed by atoms with Crippen molar-refractivity contribution in [1.82, 2.24) is 4.57 Å². The van der Waals surface area contributed by atoms with Gasteiger partial charge in [-0.05, 0) is 31.2 Å². The second kappa shape index (κ2) is 4.19. The van der Waals surface area contributed by atoms with Crippen LogP contribution in [-0.2, 0) is 19.4 Å². The van der Waals surface area contributed by atoms with Crippen molar-refractivity contribution in [3.05, 3.63) is 33.7 Å². The van der Waals surface area contributed by atoms with Crippen molar-refractivity contribution in [2.45, 2.75) is 45.3 Å². The van der Waals surface area contributed by atoms with Gasteiger partial charge in [0.2, 0.25) is 0 Å². The molecule has 0 fully saturated rings. The summed E-state index contributed by atoms with van der Waals surface area (Å²) in [6, 6.07) is 3.55. The van der Waals surface area contributed by atoms with E-state index in [0.717, 1.165) is 25.0 Å². The van der Waals surface area contributed by atoms with Crippen LogP contribution in [0.2, 0.25) is 0 Å². The van der Waals surface area contributed by atoms with Crippen molar-refractivity contribution in [3.63, 3.8) is 0 Å². The van der Waals surface area contributed by atoms with Crippen LogP contribution < -0.4 is 5.56 Å². The number of aliphatic hydroxyl groups is 1. The quantitative estimate of drug-likeness (QED) is 0.806. The highest BCUT2D eigenvalue weighted by Gasteiger charge is 2.16. The molecular formula is C12H17NO2. The van der Waals surface area contributed by atoms with Gasteiger partial charge in [-0.1, -0.05) is 13.0 Å². The lowest BCUT2D eigenvalue weighted by atomic mass is 10.2. The molecule has 0 aliphatic heterocycles. The van der Waals surface area contributed by atoms with Gasteiger partial charge in [-0.3, -0.25) is 4.79 Å². The average Bonchev–Trinajstić information content (AvgIpc) is 2.70. The third-order valence-corrected chi connectivity index (χ3v) is 3.11. The molecular weight excluding hydrogens is 190 g/mol. The highest BCUT2D eigenvalue weighted by molar-refractivity contribution is 5.25. The first kappa shape index (κ1) is 10.4. The van der Waals surface area contributed by atoms with Crippen LogP contribution in [0.1, 0.15) is 31.0 Å². The summed E-state index contributed by atoms with van der Waals surface area (Å²) in [6.45, 7) is 2.37. The van der Waals surface area contributed by atoms with Gasteiger partial charge in [0.15, 0.2) is 0 Å². The number of hydrogen-bond acceptors (Lipinski definition) is 2. The Balaban J connectivity index is 2.37. The fraction of sp³-hybridized carbons (Fsp3) is 0.583. The van der Waals surface area contributed by atoms with E-state index in [1.807, 2.05) is 13.0 Å². The van der Waals surface area contributed by atoms with Crippen molar-refractivity contribution in [2.75, 3.05) is 0 Å². The number of rotatable bonds is 3. The van der Waals surface area contributed by atoms with Crippen molar-refractivity contribution in [2.24, 2.45) is 0 Å². The summed E-state index contributed by atoms with van der Waals surface area (Å²) in [5.74, 6) is 0. The van der Waals surface area contributed by atoms with E-state index < -0.39 is 6.10 Å². The molecule has 0 bridgehead atoms. The average molecular weight is 207 g/mol. The second-order valence-corrected chi connectivity index (χ2v) is 4.17. The highest BCUT2D eigenvalue weighted by atomic mass is 16.3. The molecule has 0 spiro atoms. The molecule has 15 heavy (non-hydrogen) atoms. The maximum absolute atomic E-state index is 11.7. The molecule has 1 aromatic heterocycles. The zero-order valence-electron chi connectivity index (χ0n) is 9.07. The number of nitrogens with zero attached hydrogens (tertiary/aromatic N) is 1. The Bertz CT molecular complexity index is 409. The standard InChI is InChI=1S/C12H17NO2/c1-2-10(14)8-13-11-5-3-4-9(11)6-7-12(13)15/h6-7,10,14H,2-5,8H2,1H3. The van der Waals surface area contributed by atoms with Gasteiger partial charge in [0.1, 0.15) is 0 Å². The summed E-state index contributed by atoms with van der Waals surface area (Å²) in [5.41, 5.74) is 2.43. The van der Waals surface area contributed by atoms with Gasteiger partial charge in [-0.2, -0.15) is 0 Å². The Hall–Kier alpha value is -1.09. The van der Waals surface area contributed by atoms with Crippen LogP contribution in [0, 0.1) is 0 Å². The van der Waals surface area contributed by atoms with Crippen molar-refractivity contribution in [1.29, 1.82) is 0 Å². The number of fused-ring (bicyclic) bond motifs is 1. The molecule has 1 heterocycles. The fourth-order valence-electron chi connectivity index (χ4n) is 2.17. The number of hydrogen-bond donors (Lipinski definition) is 1. The third kappa shape index (κ3) is 1.97. The van der Waals surface area contributed by atoms with Crippen LogP contribution >= 0.6 is 0 Å². The van der Waals surface area contributed by atoms with Gasteiger partial charge in [-0.15, -0.1) is 0 Å². The summed E-state index contributed by atoms with van der Waals surface area (Å²) >= 11 is 0. The van der Waals surface area contributed by atoms with Crippen molar-refractivity contribution < 1.29 is 5.11 Å². The van der Waals surface area contributed by atoms with Crippen molar-refractivity contribution in [3.8, 4) is 0 Å². The van der Waals surface area contributed by atoms with E-state index in [2.05, 4.69) is 0 Å². The molecule has 0 saturated heterocycles. The van der Waals surface area contributed by atoms with Gasteiger partial charge in [0.25, 0.3) is 5.56 Å². The summed E-state index contributed by atoms with van der Waals surface area (Å²) in [7, 11) is 0. The Morgan fingerprint density at radius 1 is 1.47 bits per heavy atom. The van der Waals surface area contributed by atoms with Gasteiger partial charge in [0.05, 0.1) is 12.6 Å². The molecule has 0 radical (unpaired) electrons. The SMILES string of the molecule is CCC(O)Cn1c2c(ccc1=O)CCC2. The largest absolute Gasteiger partial charge is 0.391 e. The highest BCUT2D eigenvalue weighted by Crippen LogP contribution is 2.20. The first-order chi connectivity index (χ1) is 7.22. The molecule has 3 nitrogen and oxygen atoms in total. The second-order valence-electron chi connectivity index (χ2n) is 4.17. The maximum atomic E-state index is 11.7. The third-order valence-electron chi connectivity index (χ3n) is 3.11. The predicted octanol–water partition coefficient (Wildman–Crippen LogP) is 1.11. The first-order valence-electron chi connectivity index (χ1n) is 5.62. The van der Waals surface area contributed by atoms with E-state index in [-0.39, 0.29) is 5.56 Å². The fourth-order valence-corrected chi connectivity index (χ4v) is 2.17. The molecule has 1 aliphatic carbocycles. The summed E-state index contributed by atoms with van der Waals surface area (Å²) < 4.78 is 1.75. The van der Waals surface area contributed by atoms with Crippen LogP contribution in [0.4, 0.5) is 0 Å². The molecule has 3 heteroatoms. The smallest absolute Gasteiger partial charge is 0.250 e. The monoisotopic (exact) mass is 207 g/mol. The molecule has 0 amide bonds. The van der Waals surface area contributed by atoms with E-state index in [4.69, 9.17) is 0 Å². The van der Waals surface area contributed by atoms with Crippen LogP contribution in [0.3, 0.4) is 0 Å². The van der Waals surface area contributed by atoms with Crippen LogP contribution in [0.25, 0.3) is 0 Å². The number of aliphatic hydroxyl groups excluding tert-OH is 1. The van der Waals surface area contributed by atoms with E-state index in [1.54, 1.807) is 10.6 Å². The zero-order chi connectivity index (χ0) is 10.8. The predicted molar refractivity (Wildman–Crippen MR) is 59.0 cm³/mol. The van der Waals surface area contributed by atoms with Gasteiger partial charge < -0.3 is 9.67 Å². The maximum Gasteiger partial charge on any atom is 0.250 e. The Labute approximate surface area is 89.4 Å².